The minimum atomic E-state index is -0.296. The highest BCUT2D eigenvalue weighted by Gasteiger charge is 2.28. The Morgan fingerprint density at radius 3 is 3.10 bits per heavy atom. The number of nitrogens with one attached hydrogen (secondary N) is 1. The van der Waals surface area contributed by atoms with E-state index >= 15 is 0 Å². The standard InChI is InChI=1S/C14H12N2O3S/c17-12(16-14-15-5-6-20-14)7-9-8-13(18)19-11-4-2-1-3-10(9)11/h1-6,9H,7-8H2,(H,15,16,17)/t9-/m0/s1. The smallest absolute Gasteiger partial charge is 0.311 e. The molecule has 0 unspecified atom stereocenters. The second-order valence-corrected chi connectivity index (χ2v) is 5.40. The largest absolute Gasteiger partial charge is 0.426 e. The summed E-state index contributed by atoms with van der Waals surface area (Å²) in [6.45, 7) is 0. The molecule has 20 heavy (non-hydrogen) atoms. The zero-order valence-electron chi connectivity index (χ0n) is 10.5. The first-order valence-corrected chi connectivity index (χ1v) is 7.09. The molecule has 0 saturated heterocycles. The Morgan fingerprint density at radius 1 is 1.45 bits per heavy atom. The molecule has 1 aliphatic heterocycles. The predicted molar refractivity (Wildman–Crippen MR) is 74.8 cm³/mol. The maximum Gasteiger partial charge on any atom is 0.311 e. The number of nitrogens with zero attached hydrogens (tertiary/aromatic N) is 1. The molecule has 6 heteroatoms. The lowest BCUT2D eigenvalue weighted by molar-refractivity contribution is -0.136. The fraction of sp³-hybridized carbons (Fsp3) is 0.214. The van der Waals surface area contributed by atoms with E-state index < -0.39 is 0 Å². The zero-order valence-corrected chi connectivity index (χ0v) is 11.4. The lowest BCUT2D eigenvalue weighted by Crippen LogP contribution is -2.24. The van der Waals surface area contributed by atoms with Crippen LogP contribution >= 0.6 is 11.3 Å². The molecule has 1 aromatic heterocycles. The number of thiazole rings is 1. The van der Waals surface area contributed by atoms with Gasteiger partial charge in [0.2, 0.25) is 5.91 Å². The van der Waals surface area contributed by atoms with Crippen molar-refractivity contribution in [2.45, 2.75) is 18.8 Å². The molecule has 1 amide bonds. The van der Waals surface area contributed by atoms with Crippen molar-refractivity contribution < 1.29 is 14.3 Å². The average molecular weight is 288 g/mol. The quantitative estimate of drug-likeness (QED) is 0.696. The Morgan fingerprint density at radius 2 is 2.30 bits per heavy atom. The van der Waals surface area contributed by atoms with E-state index in [1.54, 1.807) is 17.6 Å². The van der Waals surface area contributed by atoms with Crippen molar-refractivity contribution in [1.29, 1.82) is 0 Å². The number of hydrogen-bond donors (Lipinski definition) is 1. The number of carbonyl (C=O) groups excluding carboxylic acids is 2. The number of benzene rings is 1. The van der Waals surface area contributed by atoms with E-state index in [2.05, 4.69) is 10.3 Å². The van der Waals surface area contributed by atoms with Gasteiger partial charge >= 0.3 is 5.97 Å². The van der Waals surface area contributed by atoms with Gasteiger partial charge in [-0.2, -0.15) is 0 Å². The summed E-state index contributed by atoms with van der Waals surface area (Å²) in [6, 6.07) is 7.33. The lowest BCUT2D eigenvalue weighted by atomic mass is 9.90. The SMILES string of the molecule is O=C(C[C@H]1CC(=O)Oc2ccccc21)Nc1nccs1. The van der Waals surface area contributed by atoms with E-state index in [0.717, 1.165) is 5.56 Å². The van der Waals surface area contributed by atoms with Gasteiger partial charge in [-0.1, -0.05) is 18.2 Å². The minimum Gasteiger partial charge on any atom is -0.426 e. The highest BCUT2D eigenvalue weighted by atomic mass is 32.1. The van der Waals surface area contributed by atoms with Crippen molar-refractivity contribution in [3.05, 3.63) is 41.4 Å². The molecular formula is C14H12N2O3S. The van der Waals surface area contributed by atoms with Gasteiger partial charge in [0.15, 0.2) is 5.13 Å². The van der Waals surface area contributed by atoms with Crippen LogP contribution in [0.1, 0.15) is 24.3 Å². The summed E-state index contributed by atoms with van der Waals surface area (Å²) in [5, 5.41) is 5.10. The molecule has 0 saturated carbocycles. The van der Waals surface area contributed by atoms with Gasteiger partial charge in [-0.15, -0.1) is 11.3 Å². The second kappa shape index (κ2) is 5.42. The Labute approximate surface area is 119 Å². The molecule has 5 nitrogen and oxygen atoms in total. The van der Waals surface area contributed by atoms with Crippen molar-refractivity contribution in [2.75, 3.05) is 5.32 Å². The van der Waals surface area contributed by atoms with Crippen molar-refractivity contribution in [3.63, 3.8) is 0 Å². The number of hydrogen-bond acceptors (Lipinski definition) is 5. The molecule has 2 heterocycles. The Hall–Kier alpha value is -2.21. The summed E-state index contributed by atoms with van der Waals surface area (Å²) in [5.41, 5.74) is 0.904. The molecular weight excluding hydrogens is 276 g/mol. The van der Waals surface area contributed by atoms with Gasteiger partial charge in [0.1, 0.15) is 5.75 Å². The van der Waals surface area contributed by atoms with E-state index in [4.69, 9.17) is 4.74 Å². The van der Waals surface area contributed by atoms with Gasteiger partial charge in [0.05, 0.1) is 6.42 Å². The van der Waals surface area contributed by atoms with Crippen LogP contribution in [0.5, 0.6) is 5.75 Å². The summed E-state index contributed by atoms with van der Waals surface area (Å²) in [4.78, 5) is 27.6. The van der Waals surface area contributed by atoms with Crippen LogP contribution in [0.4, 0.5) is 5.13 Å². The van der Waals surface area contributed by atoms with Crippen LogP contribution in [0.25, 0.3) is 0 Å². The van der Waals surface area contributed by atoms with E-state index in [1.807, 2.05) is 18.2 Å². The summed E-state index contributed by atoms with van der Waals surface area (Å²) >= 11 is 1.36. The summed E-state index contributed by atoms with van der Waals surface area (Å²) in [7, 11) is 0. The monoisotopic (exact) mass is 288 g/mol. The van der Waals surface area contributed by atoms with Crippen LogP contribution in [-0.2, 0) is 9.59 Å². The highest BCUT2D eigenvalue weighted by Crippen LogP contribution is 2.36. The molecule has 1 N–H and O–H groups in total. The number of carbonyl (C=O) groups is 2. The molecule has 0 spiro atoms. The number of fused-ring (bicyclic) bond motifs is 1. The third-order valence-electron chi connectivity index (χ3n) is 3.11. The van der Waals surface area contributed by atoms with Gasteiger partial charge in [-0.05, 0) is 11.6 Å². The van der Waals surface area contributed by atoms with Crippen LogP contribution < -0.4 is 10.1 Å². The van der Waals surface area contributed by atoms with E-state index in [-0.39, 0.29) is 30.6 Å². The van der Waals surface area contributed by atoms with Crippen molar-refractivity contribution in [1.82, 2.24) is 4.98 Å². The Bertz CT molecular complexity index is 640. The third kappa shape index (κ3) is 2.70. The fourth-order valence-electron chi connectivity index (χ4n) is 2.25. The highest BCUT2D eigenvalue weighted by molar-refractivity contribution is 7.13. The first-order valence-electron chi connectivity index (χ1n) is 6.21. The zero-order chi connectivity index (χ0) is 13.9. The lowest BCUT2D eigenvalue weighted by Gasteiger charge is -2.23. The molecule has 2 aromatic rings. The Kier molecular flexibility index (Phi) is 3.47. The molecule has 1 aromatic carbocycles. The number of aromatic nitrogens is 1. The number of esters is 1. The normalized spacial score (nSPS) is 17.2. The first kappa shape index (κ1) is 12.8. The second-order valence-electron chi connectivity index (χ2n) is 4.50. The number of rotatable bonds is 3. The van der Waals surface area contributed by atoms with Crippen LogP contribution in [0.15, 0.2) is 35.8 Å². The molecule has 0 bridgehead atoms. The number of anilines is 1. The van der Waals surface area contributed by atoms with E-state index in [0.29, 0.717) is 10.9 Å². The van der Waals surface area contributed by atoms with E-state index in [1.165, 1.54) is 11.3 Å². The van der Waals surface area contributed by atoms with Crippen LogP contribution in [-0.4, -0.2) is 16.9 Å². The van der Waals surface area contributed by atoms with Crippen molar-refractivity contribution in [2.24, 2.45) is 0 Å². The van der Waals surface area contributed by atoms with E-state index in [9.17, 15) is 9.59 Å². The summed E-state index contributed by atoms with van der Waals surface area (Å²) in [5.74, 6) is -0.0339. The first-order chi connectivity index (χ1) is 9.72. The van der Waals surface area contributed by atoms with Gasteiger partial charge in [-0.3, -0.25) is 9.59 Å². The maximum absolute atomic E-state index is 12.0. The van der Waals surface area contributed by atoms with Crippen molar-refractivity contribution >= 4 is 28.3 Å². The summed E-state index contributed by atoms with van der Waals surface area (Å²) < 4.78 is 5.17. The fourth-order valence-corrected chi connectivity index (χ4v) is 2.79. The molecule has 0 radical (unpaired) electrons. The average Bonchev–Trinajstić information content (AvgIpc) is 2.91. The number of amides is 1. The van der Waals surface area contributed by atoms with Gasteiger partial charge in [0, 0.05) is 23.9 Å². The topological polar surface area (TPSA) is 68.3 Å². The number of ether oxygens (including phenoxy) is 1. The van der Waals surface area contributed by atoms with Gasteiger partial charge in [0.25, 0.3) is 0 Å². The van der Waals surface area contributed by atoms with Gasteiger partial charge in [-0.25, -0.2) is 4.98 Å². The van der Waals surface area contributed by atoms with Crippen molar-refractivity contribution in [3.8, 4) is 5.75 Å². The molecule has 3 rings (SSSR count). The molecule has 1 atom stereocenters. The molecule has 102 valence electrons. The molecule has 1 aliphatic rings. The van der Waals surface area contributed by atoms with Gasteiger partial charge < -0.3 is 10.1 Å². The maximum atomic E-state index is 12.0. The minimum absolute atomic E-state index is 0.144. The predicted octanol–water partition coefficient (Wildman–Crippen LogP) is 2.56. The summed E-state index contributed by atoms with van der Waals surface area (Å²) in [6.07, 6.45) is 2.10. The molecule has 0 aliphatic carbocycles. The van der Waals surface area contributed by atoms with Crippen LogP contribution in [0, 0.1) is 0 Å². The molecule has 0 fully saturated rings. The Balaban J connectivity index is 1.74. The number of para-hydroxylation sites is 1. The van der Waals surface area contributed by atoms with Crippen LogP contribution in [0.2, 0.25) is 0 Å². The third-order valence-corrected chi connectivity index (χ3v) is 3.79. The van der Waals surface area contributed by atoms with Crippen LogP contribution in [0.3, 0.4) is 0 Å².